The minimum absolute atomic E-state index is 0.0653. The van der Waals surface area contributed by atoms with Crippen molar-refractivity contribution in [2.75, 3.05) is 6.61 Å². The molecule has 16 heavy (non-hydrogen) atoms. The molecule has 5 heteroatoms. The number of hydrogen-bond donors (Lipinski definition) is 2. The first-order chi connectivity index (χ1) is 7.50. The number of aliphatic hydroxyl groups is 1. The van der Waals surface area contributed by atoms with Gasteiger partial charge >= 0.3 is 0 Å². The molecule has 0 aromatic carbocycles. The lowest BCUT2D eigenvalue weighted by atomic mass is 9.95. The number of carbonyl (C=O) groups excluding carboxylic acids is 1. The third-order valence-electron chi connectivity index (χ3n) is 2.66. The molecule has 3 nitrogen and oxygen atoms in total. The van der Waals surface area contributed by atoms with Gasteiger partial charge in [-0.3, -0.25) is 4.79 Å². The van der Waals surface area contributed by atoms with Crippen LogP contribution in [-0.4, -0.2) is 23.2 Å². The second kappa shape index (κ2) is 5.66. The smallest absolute Gasteiger partial charge is 0.261 e. The summed E-state index contributed by atoms with van der Waals surface area (Å²) in [5.74, 6) is -0.130. The molecule has 0 fully saturated rings. The minimum Gasteiger partial charge on any atom is -0.396 e. The Morgan fingerprint density at radius 2 is 2.31 bits per heavy atom. The van der Waals surface area contributed by atoms with Crippen LogP contribution in [0.25, 0.3) is 0 Å². The first-order valence-corrected chi connectivity index (χ1v) is 6.39. The van der Waals surface area contributed by atoms with Crippen LogP contribution < -0.4 is 5.32 Å². The van der Waals surface area contributed by atoms with Gasteiger partial charge in [-0.05, 0) is 31.9 Å². The van der Waals surface area contributed by atoms with E-state index in [4.69, 9.17) is 16.7 Å². The fourth-order valence-electron chi connectivity index (χ4n) is 1.35. The van der Waals surface area contributed by atoms with Crippen molar-refractivity contribution in [2.24, 2.45) is 0 Å². The van der Waals surface area contributed by atoms with Crippen molar-refractivity contribution in [3.05, 3.63) is 21.3 Å². The quantitative estimate of drug-likeness (QED) is 0.856. The van der Waals surface area contributed by atoms with Gasteiger partial charge in [-0.2, -0.15) is 0 Å². The van der Waals surface area contributed by atoms with Gasteiger partial charge in [0.1, 0.15) is 0 Å². The van der Waals surface area contributed by atoms with Gasteiger partial charge in [0.25, 0.3) is 5.91 Å². The lowest BCUT2D eigenvalue weighted by Gasteiger charge is -2.28. The molecule has 0 saturated carbocycles. The van der Waals surface area contributed by atoms with Gasteiger partial charge in [-0.25, -0.2) is 0 Å². The monoisotopic (exact) mass is 261 g/mol. The Hall–Kier alpha value is -0.580. The van der Waals surface area contributed by atoms with E-state index in [0.29, 0.717) is 15.6 Å². The molecule has 1 atom stereocenters. The van der Waals surface area contributed by atoms with Crippen molar-refractivity contribution < 1.29 is 9.90 Å². The minimum atomic E-state index is -0.359. The Kier molecular flexibility index (Phi) is 4.77. The summed E-state index contributed by atoms with van der Waals surface area (Å²) < 4.78 is 0.602. The van der Waals surface area contributed by atoms with Gasteiger partial charge < -0.3 is 10.4 Å². The van der Waals surface area contributed by atoms with E-state index in [-0.39, 0.29) is 18.1 Å². The van der Waals surface area contributed by atoms with Gasteiger partial charge in [0, 0.05) is 12.1 Å². The summed E-state index contributed by atoms with van der Waals surface area (Å²) in [5.41, 5.74) is -0.359. The molecular weight excluding hydrogens is 246 g/mol. The van der Waals surface area contributed by atoms with E-state index in [1.807, 2.05) is 13.8 Å². The van der Waals surface area contributed by atoms with E-state index < -0.39 is 0 Å². The van der Waals surface area contributed by atoms with Crippen molar-refractivity contribution in [3.63, 3.8) is 0 Å². The number of aliphatic hydroxyl groups excluding tert-OH is 1. The van der Waals surface area contributed by atoms with Gasteiger partial charge in [0.05, 0.1) is 9.21 Å². The molecule has 0 spiro atoms. The summed E-state index contributed by atoms with van der Waals surface area (Å²) in [6.07, 6.45) is 1.33. The second-order valence-electron chi connectivity index (χ2n) is 3.95. The Morgan fingerprint density at radius 1 is 1.62 bits per heavy atom. The zero-order chi connectivity index (χ0) is 12.2. The standard InChI is InChI=1S/C11H16ClNO2S/c1-3-11(2,6-7-14)13-10(15)8-4-5-9(12)16-8/h4-5,14H,3,6-7H2,1-2H3,(H,13,15). The molecule has 1 rings (SSSR count). The number of thiophene rings is 1. The molecule has 0 bridgehead atoms. The fraction of sp³-hybridized carbons (Fsp3) is 0.545. The molecule has 0 saturated heterocycles. The van der Waals surface area contributed by atoms with Crippen LogP contribution in [0.4, 0.5) is 0 Å². The first-order valence-electron chi connectivity index (χ1n) is 5.19. The van der Waals surface area contributed by atoms with Crippen LogP contribution >= 0.6 is 22.9 Å². The molecule has 1 aromatic heterocycles. The van der Waals surface area contributed by atoms with Crippen molar-refractivity contribution in [1.82, 2.24) is 5.32 Å². The van der Waals surface area contributed by atoms with Gasteiger partial charge in [0.15, 0.2) is 0 Å². The Balaban J connectivity index is 2.69. The number of hydrogen-bond acceptors (Lipinski definition) is 3. The molecular formula is C11H16ClNO2S. The molecule has 1 heterocycles. The average Bonchev–Trinajstić information content (AvgIpc) is 2.65. The van der Waals surface area contributed by atoms with Gasteiger partial charge in [-0.15, -0.1) is 11.3 Å². The van der Waals surface area contributed by atoms with Crippen molar-refractivity contribution >= 4 is 28.8 Å². The number of halogens is 1. The van der Waals surface area contributed by atoms with E-state index in [1.165, 1.54) is 11.3 Å². The molecule has 0 radical (unpaired) electrons. The zero-order valence-corrected chi connectivity index (χ0v) is 11.0. The highest BCUT2D eigenvalue weighted by atomic mass is 35.5. The number of rotatable bonds is 5. The normalized spacial score (nSPS) is 14.5. The second-order valence-corrected chi connectivity index (χ2v) is 5.66. The predicted octanol–water partition coefficient (Wildman–Crippen LogP) is 2.68. The lowest BCUT2D eigenvalue weighted by molar-refractivity contribution is 0.0890. The maximum Gasteiger partial charge on any atom is 0.261 e. The van der Waals surface area contributed by atoms with Crippen LogP contribution in [0.15, 0.2) is 12.1 Å². The van der Waals surface area contributed by atoms with Crippen LogP contribution in [0.2, 0.25) is 4.34 Å². The van der Waals surface area contributed by atoms with E-state index >= 15 is 0 Å². The summed E-state index contributed by atoms with van der Waals surface area (Å²) in [5, 5.41) is 11.9. The van der Waals surface area contributed by atoms with Gasteiger partial charge in [0.2, 0.25) is 0 Å². The van der Waals surface area contributed by atoms with Crippen molar-refractivity contribution in [2.45, 2.75) is 32.2 Å². The van der Waals surface area contributed by atoms with Crippen molar-refractivity contribution in [3.8, 4) is 0 Å². The van der Waals surface area contributed by atoms with Gasteiger partial charge in [-0.1, -0.05) is 18.5 Å². The zero-order valence-electron chi connectivity index (χ0n) is 9.42. The molecule has 2 N–H and O–H groups in total. The maximum atomic E-state index is 11.9. The summed E-state index contributed by atoms with van der Waals surface area (Å²) in [6, 6.07) is 3.41. The summed E-state index contributed by atoms with van der Waals surface area (Å²) >= 11 is 7.03. The van der Waals surface area contributed by atoms with Crippen LogP contribution in [0.3, 0.4) is 0 Å². The number of carbonyl (C=O) groups is 1. The highest BCUT2D eigenvalue weighted by molar-refractivity contribution is 7.17. The van der Waals surface area contributed by atoms with E-state index in [1.54, 1.807) is 12.1 Å². The molecule has 0 aliphatic rings. The summed E-state index contributed by atoms with van der Waals surface area (Å²) in [4.78, 5) is 12.5. The molecule has 1 amide bonds. The molecule has 1 aromatic rings. The van der Waals surface area contributed by atoms with Crippen molar-refractivity contribution in [1.29, 1.82) is 0 Å². The summed E-state index contributed by atoms with van der Waals surface area (Å²) in [6.45, 7) is 3.98. The Labute approximate surface area is 104 Å². The third-order valence-corrected chi connectivity index (χ3v) is 3.89. The molecule has 0 aliphatic carbocycles. The lowest BCUT2D eigenvalue weighted by Crippen LogP contribution is -2.45. The largest absolute Gasteiger partial charge is 0.396 e. The number of amides is 1. The van der Waals surface area contributed by atoms with Crippen LogP contribution in [-0.2, 0) is 0 Å². The van der Waals surface area contributed by atoms with Crippen LogP contribution in [0, 0.1) is 0 Å². The van der Waals surface area contributed by atoms with Crippen LogP contribution in [0.5, 0.6) is 0 Å². The maximum absolute atomic E-state index is 11.9. The topological polar surface area (TPSA) is 49.3 Å². The Bertz CT molecular complexity index is 367. The average molecular weight is 262 g/mol. The molecule has 0 aliphatic heterocycles. The SMILES string of the molecule is CCC(C)(CCO)NC(=O)c1ccc(Cl)s1. The van der Waals surface area contributed by atoms with Crippen LogP contribution in [0.1, 0.15) is 36.4 Å². The summed E-state index contributed by atoms with van der Waals surface area (Å²) in [7, 11) is 0. The highest BCUT2D eigenvalue weighted by Crippen LogP contribution is 2.22. The Morgan fingerprint density at radius 3 is 2.75 bits per heavy atom. The molecule has 1 unspecified atom stereocenters. The van der Waals surface area contributed by atoms with E-state index in [9.17, 15) is 4.79 Å². The fourth-order valence-corrected chi connectivity index (χ4v) is 2.28. The predicted molar refractivity (Wildman–Crippen MR) is 67.2 cm³/mol. The molecule has 90 valence electrons. The highest BCUT2D eigenvalue weighted by Gasteiger charge is 2.24. The first kappa shape index (κ1) is 13.5. The van der Waals surface area contributed by atoms with E-state index in [2.05, 4.69) is 5.32 Å². The van der Waals surface area contributed by atoms with E-state index in [0.717, 1.165) is 6.42 Å². The third kappa shape index (κ3) is 3.47. The number of nitrogens with one attached hydrogen (secondary N) is 1.